The number of anilines is 1. The van der Waals surface area contributed by atoms with E-state index in [1.54, 1.807) is 6.20 Å². The van der Waals surface area contributed by atoms with E-state index < -0.39 is 0 Å². The quantitative estimate of drug-likeness (QED) is 0.595. The number of aromatic amines is 1. The fraction of sp³-hybridized carbons (Fsp3) is 0.125. The third kappa shape index (κ3) is 2.46. The number of hydrogen-bond acceptors (Lipinski definition) is 6. The molecule has 24 heavy (non-hydrogen) atoms. The maximum Gasteiger partial charge on any atom is 0.322 e. The molecule has 0 atom stereocenters. The van der Waals surface area contributed by atoms with Gasteiger partial charge < -0.3 is 9.40 Å². The number of carbonyl (C=O) groups is 1. The van der Waals surface area contributed by atoms with E-state index in [0.717, 1.165) is 26.5 Å². The Morgan fingerprint density at radius 3 is 2.88 bits per heavy atom. The van der Waals surface area contributed by atoms with Gasteiger partial charge in [-0.05, 0) is 19.9 Å². The van der Waals surface area contributed by atoms with Gasteiger partial charge in [-0.25, -0.2) is 4.98 Å². The highest BCUT2D eigenvalue weighted by Crippen LogP contribution is 2.29. The number of para-hydroxylation sites is 1. The van der Waals surface area contributed by atoms with Crippen LogP contribution >= 0.6 is 11.3 Å². The molecule has 0 aliphatic heterocycles. The van der Waals surface area contributed by atoms with E-state index in [2.05, 4.69) is 25.5 Å². The number of carbonyl (C=O) groups excluding carboxylic acids is 1. The number of amides is 1. The lowest BCUT2D eigenvalue weighted by Gasteiger charge is -1.98. The second-order valence-electron chi connectivity index (χ2n) is 5.26. The van der Waals surface area contributed by atoms with Gasteiger partial charge in [0.2, 0.25) is 0 Å². The number of aromatic nitrogens is 4. The molecule has 1 amide bonds. The Balaban J connectivity index is 1.60. The highest BCUT2D eigenvalue weighted by atomic mass is 32.1. The first kappa shape index (κ1) is 14.6. The summed E-state index contributed by atoms with van der Waals surface area (Å²) in [6, 6.07) is 7.64. The average molecular weight is 339 g/mol. The van der Waals surface area contributed by atoms with Crippen LogP contribution in [0.15, 0.2) is 34.9 Å². The molecule has 8 heteroatoms. The van der Waals surface area contributed by atoms with Crippen LogP contribution in [-0.4, -0.2) is 26.1 Å². The van der Waals surface area contributed by atoms with Gasteiger partial charge in [-0.3, -0.25) is 10.1 Å². The Morgan fingerprint density at radius 1 is 1.25 bits per heavy atom. The molecule has 0 saturated heterocycles. The van der Waals surface area contributed by atoms with Crippen LogP contribution in [0.25, 0.3) is 21.7 Å². The van der Waals surface area contributed by atoms with Crippen molar-refractivity contribution in [3.63, 3.8) is 0 Å². The molecule has 0 radical (unpaired) electrons. The Labute approximate surface area is 140 Å². The van der Waals surface area contributed by atoms with E-state index in [1.807, 2.05) is 38.1 Å². The van der Waals surface area contributed by atoms with Crippen LogP contribution in [0.5, 0.6) is 0 Å². The van der Waals surface area contributed by atoms with Crippen LogP contribution in [0.4, 0.5) is 6.01 Å². The summed E-state index contributed by atoms with van der Waals surface area (Å²) in [4.78, 5) is 20.6. The zero-order valence-electron chi connectivity index (χ0n) is 13.0. The number of thiazole rings is 1. The van der Waals surface area contributed by atoms with Crippen molar-refractivity contribution in [1.29, 1.82) is 0 Å². The molecular formula is C16H13N5O2S. The molecule has 7 nitrogen and oxygen atoms in total. The Hall–Kier alpha value is -3.00. The SMILES string of the molecule is Cc1nc(C)c(-c2nnc(NC(=O)c3c[nH]c4ccccc34)o2)s1. The maximum atomic E-state index is 12.4. The van der Waals surface area contributed by atoms with Gasteiger partial charge in [0.1, 0.15) is 4.88 Å². The predicted molar refractivity (Wildman–Crippen MR) is 91.1 cm³/mol. The average Bonchev–Trinajstić information content (AvgIpc) is 3.25. The monoisotopic (exact) mass is 339 g/mol. The van der Waals surface area contributed by atoms with Gasteiger partial charge in [-0.15, -0.1) is 16.4 Å². The minimum absolute atomic E-state index is 0.0609. The van der Waals surface area contributed by atoms with Gasteiger partial charge in [0.15, 0.2) is 0 Å². The molecule has 0 saturated carbocycles. The maximum absolute atomic E-state index is 12.4. The molecule has 0 spiro atoms. The summed E-state index contributed by atoms with van der Waals surface area (Å²) < 4.78 is 5.55. The van der Waals surface area contributed by atoms with Crippen molar-refractivity contribution in [2.45, 2.75) is 13.8 Å². The number of nitrogens with one attached hydrogen (secondary N) is 2. The van der Waals surface area contributed by atoms with Gasteiger partial charge in [0, 0.05) is 17.1 Å². The van der Waals surface area contributed by atoms with Crippen molar-refractivity contribution in [3.05, 3.63) is 46.7 Å². The third-order valence-electron chi connectivity index (χ3n) is 3.58. The molecule has 120 valence electrons. The number of benzene rings is 1. The second-order valence-corrected chi connectivity index (χ2v) is 6.47. The topological polar surface area (TPSA) is 96.7 Å². The summed E-state index contributed by atoms with van der Waals surface area (Å²) in [5, 5.41) is 12.3. The highest BCUT2D eigenvalue weighted by molar-refractivity contribution is 7.15. The lowest BCUT2D eigenvalue weighted by atomic mass is 10.2. The molecule has 4 rings (SSSR count). The van der Waals surface area contributed by atoms with Gasteiger partial charge in [0.25, 0.3) is 11.8 Å². The van der Waals surface area contributed by atoms with Crippen LogP contribution in [0, 0.1) is 13.8 Å². The molecule has 0 fully saturated rings. The van der Waals surface area contributed by atoms with E-state index >= 15 is 0 Å². The van der Waals surface area contributed by atoms with Crippen molar-refractivity contribution < 1.29 is 9.21 Å². The fourth-order valence-corrected chi connectivity index (χ4v) is 3.36. The first-order chi connectivity index (χ1) is 11.6. The summed E-state index contributed by atoms with van der Waals surface area (Å²) in [7, 11) is 0. The molecule has 0 bridgehead atoms. The predicted octanol–water partition coefficient (Wildman–Crippen LogP) is 3.54. The lowest BCUT2D eigenvalue weighted by molar-refractivity contribution is 0.102. The van der Waals surface area contributed by atoms with Crippen molar-refractivity contribution in [2.24, 2.45) is 0 Å². The van der Waals surface area contributed by atoms with Crippen LogP contribution in [0.1, 0.15) is 21.1 Å². The van der Waals surface area contributed by atoms with Crippen LogP contribution < -0.4 is 5.32 Å². The molecular weight excluding hydrogens is 326 g/mol. The molecule has 1 aromatic carbocycles. The van der Waals surface area contributed by atoms with E-state index in [0.29, 0.717) is 11.5 Å². The summed E-state index contributed by atoms with van der Waals surface area (Å²) in [5.41, 5.74) is 2.25. The molecule has 3 aromatic heterocycles. The summed E-state index contributed by atoms with van der Waals surface area (Å²) in [6.07, 6.45) is 1.66. The molecule has 2 N–H and O–H groups in total. The summed E-state index contributed by atoms with van der Waals surface area (Å²) >= 11 is 1.47. The van der Waals surface area contributed by atoms with Crippen LogP contribution in [-0.2, 0) is 0 Å². The minimum atomic E-state index is -0.306. The van der Waals surface area contributed by atoms with Crippen molar-refractivity contribution in [2.75, 3.05) is 5.32 Å². The van der Waals surface area contributed by atoms with Crippen molar-refractivity contribution in [1.82, 2.24) is 20.2 Å². The number of aryl methyl sites for hydroxylation is 2. The van der Waals surface area contributed by atoms with Crippen molar-refractivity contribution in [3.8, 4) is 10.8 Å². The van der Waals surface area contributed by atoms with Crippen LogP contribution in [0.3, 0.4) is 0 Å². The van der Waals surface area contributed by atoms with Gasteiger partial charge in [0.05, 0.1) is 16.3 Å². The van der Waals surface area contributed by atoms with Crippen LogP contribution in [0.2, 0.25) is 0 Å². The van der Waals surface area contributed by atoms with E-state index in [9.17, 15) is 4.79 Å². The minimum Gasteiger partial charge on any atom is -0.402 e. The summed E-state index contributed by atoms with van der Waals surface area (Å²) in [5.74, 6) is 0.0483. The zero-order chi connectivity index (χ0) is 16.7. The number of rotatable bonds is 3. The van der Waals surface area contributed by atoms with E-state index in [-0.39, 0.29) is 11.9 Å². The third-order valence-corrected chi connectivity index (χ3v) is 4.64. The normalized spacial score (nSPS) is 11.1. The van der Waals surface area contributed by atoms with E-state index in [4.69, 9.17) is 4.42 Å². The molecule has 0 unspecified atom stereocenters. The van der Waals surface area contributed by atoms with Gasteiger partial charge in [-0.2, -0.15) is 0 Å². The van der Waals surface area contributed by atoms with E-state index in [1.165, 1.54) is 11.3 Å². The number of nitrogens with zero attached hydrogens (tertiary/aromatic N) is 3. The zero-order valence-corrected chi connectivity index (χ0v) is 13.8. The smallest absolute Gasteiger partial charge is 0.322 e. The fourth-order valence-electron chi connectivity index (χ4n) is 2.52. The second kappa shape index (κ2) is 5.57. The Bertz CT molecular complexity index is 1050. The highest BCUT2D eigenvalue weighted by Gasteiger charge is 2.18. The number of H-pyrrole nitrogens is 1. The summed E-state index contributed by atoms with van der Waals surface area (Å²) in [6.45, 7) is 3.80. The molecule has 0 aliphatic rings. The first-order valence-corrected chi connectivity index (χ1v) is 8.09. The number of hydrogen-bond donors (Lipinski definition) is 2. The molecule has 0 aliphatic carbocycles. The lowest BCUT2D eigenvalue weighted by Crippen LogP contribution is -2.11. The van der Waals surface area contributed by atoms with Gasteiger partial charge in [-0.1, -0.05) is 23.3 Å². The van der Waals surface area contributed by atoms with Crippen molar-refractivity contribution >= 4 is 34.2 Å². The molecule has 4 aromatic rings. The Kier molecular flexibility index (Phi) is 3.39. The van der Waals surface area contributed by atoms with Gasteiger partial charge >= 0.3 is 6.01 Å². The number of fused-ring (bicyclic) bond motifs is 1. The first-order valence-electron chi connectivity index (χ1n) is 7.27. The molecule has 3 heterocycles. The largest absolute Gasteiger partial charge is 0.402 e. The standard InChI is InChI=1S/C16H13N5O2S/c1-8-13(24-9(2)18-8)15-20-21-16(23-15)19-14(22)11-7-17-12-6-4-3-5-10(11)12/h3-7,17H,1-2H3,(H,19,21,22). The Morgan fingerprint density at radius 2 is 2.08 bits per heavy atom.